The topological polar surface area (TPSA) is 54.5 Å². The maximum atomic E-state index is 14.2. The Labute approximate surface area is 164 Å². The Morgan fingerprint density at radius 3 is 2.70 bits per heavy atom. The van der Waals surface area contributed by atoms with Crippen LogP contribution >= 0.6 is 23.8 Å². The van der Waals surface area contributed by atoms with Gasteiger partial charge in [0.2, 0.25) is 0 Å². The van der Waals surface area contributed by atoms with Crippen molar-refractivity contribution in [1.29, 1.82) is 0 Å². The predicted octanol–water partition coefficient (Wildman–Crippen LogP) is 4.56. The second kappa shape index (κ2) is 6.83. The first-order chi connectivity index (χ1) is 12.9. The van der Waals surface area contributed by atoms with E-state index in [1.165, 1.54) is 23.2 Å². The highest BCUT2D eigenvalue weighted by molar-refractivity contribution is 7.80. The van der Waals surface area contributed by atoms with E-state index < -0.39 is 6.04 Å². The summed E-state index contributed by atoms with van der Waals surface area (Å²) in [6.07, 6.45) is 0.334. The van der Waals surface area contributed by atoms with Gasteiger partial charge in [0.25, 0.3) is 0 Å². The molecule has 1 aromatic heterocycles. The molecule has 2 heterocycles. The molecule has 1 unspecified atom stereocenters. The molecule has 1 aliphatic heterocycles. The summed E-state index contributed by atoms with van der Waals surface area (Å²) in [5, 5.41) is 6.68. The van der Waals surface area contributed by atoms with E-state index in [1.807, 2.05) is 0 Å². The van der Waals surface area contributed by atoms with Gasteiger partial charge in [-0.15, -0.1) is 0 Å². The molecule has 4 rings (SSSR count). The number of nitrogens with zero attached hydrogens (tertiary/aromatic N) is 3. The van der Waals surface area contributed by atoms with Gasteiger partial charge < -0.3 is 5.73 Å². The van der Waals surface area contributed by atoms with Crippen LogP contribution in [0.15, 0.2) is 53.6 Å². The highest BCUT2D eigenvalue weighted by Crippen LogP contribution is 2.37. The van der Waals surface area contributed by atoms with Gasteiger partial charge >= 0.3 is 0 Å². The molecule has 136 valence electrons. The normalized spacial score (nSPS) is 16.6. The number of thiocarbonyl (C=S) groups is 1. The van der Waals surface area contributed by atoms with Crippen LogP contribution in [-0.4, -0.2) is 20.8 Å². The van der Waals surface area contributed by atoms with E-state index in [2.05, 4.69) is 10.1 Å². The minimum atomic E-state index is -0.454. The number of hydrazone groups is 1. The molecule has 2 N–H and O–H groups in total. The van der Waals surface area contributed by atoms with Crippen LogP contribution in [0.4, 0.5) is 8.78 Å². The Bertz CT molecular complexity index is 1100. The summed E-state index contributed by atoms with van der Waals surface area (Å²) in [4.78, 5) is 4.33. The van der Waals surface area contributed by atoms with E-state index in [1.54, 1.807) is 30.3 Å². The highest BCUT2D eigenvalue weighted by atomic mass is 35.5. The summed E-state index contributed by atoms with van der Waals surface area (Å²) in [7, 11) is 0. The molecule has 0 spiro atoms. The average Bonchev–Trinajstić information content (AvgIpc) is 3.07. The molecular formula is C19H13ClF2N4S. The lowest BCUT2D eigenvalue weighted by atomic mass is 9.98. The lowest BCUT2D eigenvalue weighted by Gasteiger charge is -2.22. The highest BCUT2D eigenvalue weighted by Gasteiger charge is 2.33. The third-order valence-electron chi connectivity index (χ3n) is 4.44. The number of nitrogens with two attached hydrogens (primary N) is 1. The number of rotatable bonds is 2. The predicted molar refractivity (Wildman–Crippen MR) is 106 cm³/mol. The number of aromatic nitrogens is 1. The van der Waals surface area contributed by atoms with Crippen molar-refractivity contribution in [2.24, 2.45) is 10.8 Å². The van der Waals surface area contributed by atoms with Gasteiger partial charge in [0, 0.05) is 22.9 Å². The Morgan fingerprint density at radius 2 is 1.96 bits per heavy atom. The number of hydrogen-bond donors (Lipinski definition) is 1. The van der Waals surface area contributed by atoms with Gasteiger partial charge in [0.05, 0.1) is 17.3 Å². The van der Waals surface area contributed by atoms with Gasteiger partial charge in [0.15, 0.2) is 5.11 Å². The lowest BCUT2D eigenvalue weighted by molar-refractivity contribution is 0.372. The third kappa shape index (κ3) is 3.24. The standard InChI is InChI=1S/C19H13ClF2N4S/c20-18-13(8-10-7-11(21)5-6-15(10)24-18)17-9-16(25-26(17)19(23)27)12-3-1-2-4-14(12)22/h1-8,17H,9H2,(H2,23,27). The Balaban J connectivity index is 1.79. The molecule has 8 heteroatoms. The van der Waals surface area contributed by atoms with E-state index >= 15 is 0 Å². The van der Waals surface area contributed by atoms with E-state index in [-0.39, 0.29) is 21.9 Å². The maximum Gasteiger partial charge on any atom is 0.187 e. The number of hydrogen-bond acceptors (Lipinski definition) is 3. The molecular weight excluding hydrogens is 390 g/mol. The Kier molecular flexibility index (Phi) is 4.49. The van der Waals surface area contributed by atoms with Gasteiger partial charge in [-0.1, -0.05) is 29.8 Å². The van der Waals surface area contributed by atoms with Gasteiger partial charge in [-0.3, -0.25) is 0 Å². The zero-order valence-electron chi connectivity index (χ0n) is 13.9. The number of fused-ring (bicyclic) bond motifs is 1. The van der Waals surface area contributed by atoms with Crippen LogP contribution in [-0.2, 0) is 0 Å². The monoisotopic (exact) mass is 402 g/mol. The SMILES string of the molecule is NC(=S)N1N=C(c2ccccc2F)CC1c1cc2cc(F)ccc2nc1Cl. The van der Waals surface area contributed by atoms with Crippen LogP contribution in [0.3, 0.4) is 0 Å². The summed E-state index contributed by atoms with van der Waals surface area (Å²) in [5.41, 5.74) is 7.86. The van der Waals surface area contributed by atoms with Crippen molar-refractivity contribution in [2.45, 2.75) is 12.5 Å². The van der Waals surface area contributed by atoms with E-state index in [0.29, 0.717) is 34.2 Å². The van der Waals surface area contributed by atoms with Crippen LogP contribution < -0.4 is 5.73 Å². The molecule has 0 radical (unpaired) electrons. The van der Waals surface area contributed by atoms with E-state index in [9.17, 15) is 8.78 Å². The number of halogens is 3. The zero-order chi connectivity index (χ0) is 19.1. The average molecular weight is 403 g/mol. The molecule has 2 aromatic carbocycles. The second-order valence-corrected chi connectivity index (χ2v) is 6.91. The first-order valence-electron chi connectivity index (χ1n) is 8.11. The summed E-state index contributed by atoms with van der Waals surface area (Å²) in [6, 6.07) is 11.9. The smallest absolute Gasteiger partial charge is 0.187 e. The summed E-state index contributed by atoms with van der Waals surface area (Å²) in [5.74, 6) is -0.761. The molecule has 0 saturated heterocycles. The molecule has 1 aliphatic rings. The summed E-state index contributed by atoms with van der Waals surface area (Å²) >= 11 is 11.5. The van der Waals surface area contributed by atoms with E-state index in [4.69, 9.17) is 29.6 Å². The lowest BCUT2D eigenvalue weighted by Crippen LogP contribution is -2.31. The summed E-state index contributed by atoms with van der Waals surface area (Å²) < 4.78 is 27.8. The molecule has 0 bridgehead atoms. The molecule has 4 nitrogen and oxygen atoms in total. The molecule has 0 aliphatic carbocycles. The van der Waals surface area contributed by atoms with Crippen molar-refractivity contribution in [2.75, 3.05) is 0 Å². The fraction of sp³-hybridized carbons (Fsp3) is 0.105. The third-order valence-corrected chi connectivity index (χ3v) is 4.93. The fourth-order valence-electron chi connectivity index (χ4n) is 3.19. The van der Waals surface area contributed by atoms with Crippen LogP contribution in [0, 0.1) is 11.6 Å². The van der Waals surface area contributed by atoms with E-state index in [0.717, 1.165) is 0 Å². The minimum Gasteiger partial charge on any atom is -0.375 e. The van der Waals surface area contributed by atoms with Crippen molar-refractivity contribution in [3.63, 3.8) is 0 Å². The van der Waals surface area contributed by atoms with Crippen LogP contribution in [0.25, 0.3) is 10.9 Å². The minimum absolute atomic E-state index is 0.0294. The Morgan fingerprint density at radius 1 is 1.19 bits per heavy atom. The van der Waals surface area contributed by atoms with Gasteiger partial charge in [-0.2, -0.15) is 5.10 Å². The Hall–Kier alpha value is -2.64. The van der Waals surface area contributed by atoms with Crippen LogP contribution in [0.5, 0.6) is 0 Å². The largest absolute Gasteiger partial charge is 0.375 e. The van der Waals surface area contributed by atoms with Crippen molar-refractivity contribution < 1.29 is 8.78 Å². The maximum absolute atomic E-state index is 14.2. The van der Waals surface area contributed by atoms with Gasteiger partial charge in [-0.25, -0.2) is 18.8 Å². The second-order valence-electron chi connectivity index (χ2n) is 6.13. The van der Waals surface area contributed by atoms with Gasteiger partial charge in [-0.05, 0) is 42.5 Å². The fourth-order valence-corrected chi connectivity index (χ4v) is 3.63. The van der Waals surface area contributed by atoms with Crippen LogP contribution in [0.1, 0.15) is 23.6 Å². The first kappa shape index (κ1) is 17.8. The summed E-state index contributed by atoms with van der Waals surface area (Å²) in [6.45, 7) is 0. The van der Waals surface area contributed by atoms with Crippen LogP contribution in [0.2, 0.25) is 5.15 Å². The molecule has 27 heavy (non-hydrogen) atoms. The number of pyridine rings is 1. The molecule has 0 saturated carbocycles. The number of benzene rings is 2. The van der Waals surface area contributed by atoms with Crippen molar-refractivity contribution in [1.82, 2.24) is 9.99 Å². The van der Waals surface area contributed by atoms with Crippen molar-refractivity contribution >= 4 is 45.5 Å². The molecule has 1 atom stereocenters. The quantitative estimate of drug-likeness (QED) is 0.504. The molecule has 0 fully saturated rings. The first-order valence-corrected chi connectivity index (χ1v) is 8.89. The molecule has 0 amide bonds. The zero-order valence-corrected chi connectivity index (χ0v) is 15.4. The molecule has 3 aromatic rings. The van der Waals surface area contributed by atoms with Crippen molar-refractivity contribution in [3.8, 4) is 0 Å². The van der Waals surface area contributed by atoms with Gasteiger partial charge in [0.1, 0.15) is 16.8 Å². The van der Waals surface area contributed by atoms with Crippen molar-refractivity contribution in [3.05, 3.63) is 76.4 Å².